The minimum Gasteiger partial charge on any atom is -0.469 e. The van der Waals surface area contributed by atoms with Crippen molar-refractivity contribution < 1.29 is 14.3 Å². The molecule has 104 valence electrons. The Bertz CT molecular complexity index is 446. The Morgan fingerprint density at radius 2 is 2.11 bits per heavy atom. The van der Waals surface area contributed by atoms with Gasteiger partial charge in [0.1, 0.15) is 0 Å². The molecule has 0 aliphatic carbocycles. The maximum absolute atomic E-state index is 11.7. The van der Waals surface area contributed by atoms with Gasteiger partial charge in [-0.2, -0.15) is 0 Å². The number of hydrogen-bond donors (Lipinski definition) is 2. The third kappa shape index (κ3) is 4.99. The number of ether oxygens (including phenoxy) is 1. The van der Waals surface area contributed by atoms with Crippen LogP contribution >= 0.6 is 0 Å². The number of benzene rings is 1. The highest BCUT2D eigenvalue weighted by molar-refractivity contribution is 5.89. The number of nitrogens with one attached hydrogen (secondary N) is 2. The van der Waals surface area contributed by atoms with Crippen molar-refractivity contribution >= 4 is 17.7 Å². The topological polar surface area (TPSA) is 67.4 Å². The van der Waals surface area contributed by atoms with E-state index in [-0.39, 0.29) is 24.5 Å². The number of urea groups is 1. The SMILES string of the molecule is CCc1cccc(NC(=O)NC[C@@H](C)C(=O)OC)c1. The monoisotopic (exact) mass is 264 g/mol. The van der Waals surface area contributed by atoms with Crippen molar-refractivity contribution in [2.24, 2.45) is 5.92 Å². The van der Waals surface area contributed by atoms with E-state index in [2.05, 4.69) is 22.3 Å². The maximum Gasteiger partial charge on any atom is 0.319 e. The third-order valence-electron chi connectivity index (χ3n) is 2.77. The Morgan fingerprint density at radius 3 is 2.74 bits per heavy atom. The zero-order valence-electron chi connectivity index (χ0n) is 11.5. The third-order valence-corrected chi connectivity index (χ3v) is 2.77. The number of anilines is 1. The molecule has 0 saturated carbocycles. The molecule has 0 unspecified atom stereocenters. The largest absolute Gasteiger partial charge is 0.469 e. The summed E-state index contributed by atoms with van der Waals surface area (Å²) in [6.07, 6.45) is 0.913. The Balaban J connectivity index is 2.44. The molecule has 1 rings (SSSR count). The van der Waals surface area contributed by atoms with Crippen molar-refractivity contribution in [2.75, 3.05) is 19.0 Å². The molecule has 2 N–H and O–H groups in total. The highest BCUT2D eigenvalue weighted by Gasteiger charge is 2.13. The van der Waals surface area contributed by atoms with Crippen LogP contribution in [0.1, 0.15) is 19.4 Å². The van der Waals surface area contributed by atoms with Crippen LogP contribution in [0, 0.1) is 5.92 Å². The molecule has 0 heterocycles. The molecule has 1 aromatic carbocycles. The Kier molecular flexibility index (Phi) is 5.85. The van der Waals surface area contributed by atoms with Crippen LogP contribution in [0.25, 0.3) is 0 Å². The highest BCUT2D eigenvalue weighted by atomic mass is 16.5. The minimum absolute atomic E-state index is 0.242. The predicted molar refractivity (Wildman–Crippen MR) is 74.0 cm³/mol. The average Bonchev–Trinajstić information content (AvgIpc) is 2.44. The summed E-state index contributed by atoms with van der Waals surface area (Å²) >= 11 is 0. The number of carbonyl (C=O) groups is 2. The Labute approximate surface area is 113 Å². The lowest BCUT2D eigenvalue weighted by Crippen LogP contribution is -2.35. The fourth-order valence-electron chi connectivity index (χ4n) is 1.57. The quantitative estimate of drug-likeness (QED) is 0.801. The fourth-order valence-corrected chi connectivity index (χ4v) is 1.57. The average molecular weight is 264 g/mol. The van der Waals surface area contributed by atoms with Crippen LogP contribution < -0.4 is 10.6 Å². The lowest BCUT2D eigenvalue weighted by molar-refractivity contribution is -0.144. The van der Waals surface area contributed by atoms with Crippen LogP contribution in [0.2, 0.25) is 0 Å². The number of carbonyl (C=O) groups excluding carboxylic acids is 2. The second-order valence-corrected chi connectivity index (χ2v) is 4.31. The first-order chi connectivity index (χ1) is 9.06. The minimum atomic E-state index is -0.363. The van der Waals surface area contributed by atoms with Gasteiger partial charge in [0.15, 0.2) is 0 Å². The van der Waals surface area contributed by atoms with Gasteiger partial charge >= 0.3 is 12.0 Å². The van der Waals surface area contributed by atoms with Crippen molar-refractivity contribution in [2.45, 2.75) is 20.3 Å². The number of amides is 2. The van der Waals surface area contributed by atoms with E-state index in [0.29, 0.717) is 0 Å². The molecule has 19 heavy (non-hydrogen) atoms. The van der Waals surface area contributed by atoms with Crippen LogP contribution in [0.3, 0.4) is 0 Å². The number of aryl methyl sites for hydroxylation is 1. The molecular weight excluding hydrogens is 244 g/mol. The molecule has 1 atom stereocenters. The second-order valence-electron chi connectivity index (χ2n) is 4.31. The zero-order valence-corrected chi connectivity index (χ0v) is 11.5. The van der Waals surface area contributed by atoms with Gasteiger partial charge in [0.05, 0.1) is 13.0 Å². The van der Waals surface area contributed by atoms with Gasteiger partial charge in [-0.15, -0.1) is 0 Å². The molecule has 0 radical (unpaired) electrons. The van der Waals surface area contributed by atoms with Crippen molar-refractivity contribution in [3.8, 4) is 0 Å². The second kappa shape index (κ2) is 7.41. The molecule has 0 saturated heterocycles. The van der Waals surface area contributed by atoms with E-state index < -0.39 is 0 Å². The predicted octanol–water partition coefficient (Wildman–Crippen LogP) is 2.18. The summed E-state index contributed by atoms with van der Waals surface area (Å²) in [7, 11) is 1.33. The van der Waals surface area contributed by atoms with Crippen LogP contribution in [-0.4, -0.2) is 25.7 Å². The highest BCUT2D eigenvalue weighted by Crippen LogP contribution is 2.10. The molecule has 0 aliphatic rings. The first kappa shape index (κ1) is 15.0. The van der Waals surface area contributed by atoms with Crippen molar-refractivity contribution in [1.29, 1.82) is 0 Å². The smallest absolute Gasteiger partial charge is 0.319 e. The molecule has 1 aromatic rings. The normalized spacial score (nSPS) is 11.5. The van der Waals surface area contributed by atoms with Crippen molar-refractivity contribution in [3.05, 3.63) is 29.8 Å². The van der Waals surface area contributed by atoms with Crippen molar-refractivity contribution in [3.63, 3.8) is 0 Å². The number of methoxy groups -OCH3 is 1. The number of esters is 1. The van der Waals surface area contributed by atoms with Crippen molar-refractivity contribution in [1.82, 2.24) is 5.32 Å². The van der Waals surface area contributed by atoms with Gasteiger partial charge in [-0.3, -0.25) is 4.79 Å². The van der Waals surface area contributed by atoms with E-state index in [1.165, 1.54) is 7.11 Å². The summed E-state index contributed by atoms with van der Waals surface area (Å²) in [4.78, 5) is 22.8. The van der Waals surface area contributed by atoms with Gasteiger partial charge in [-0.1, -0.05) is 26.0 Å². The fraction of sp³-hybridized carbons (Fsp3) is 0.429. The molecular formula is C14H20N2O3. The Morgan fingerprint density at radius 1 is 1.37 bits per heavy atom. The lowest BCUT2D eigenvalue weighted by Gasteiger charge is -2.11. The standard InChI is InChI=1S/C14H20N2O3/c1-4-11-6-5-7-12(8-11)16-14(18)15-9-10(2)13(17)19-3/h5-8,10H,4,9H2,1-3H3,(H2,15,16,18)/t10-/m1/s1. The summed E-state index contributed by atoms with van der Waals surface area (Å²) in [5.74, 6) is -0.703. The molecule has 2 amide bonds. The number of hydrogen-bond acceptors (Lipinski definition) is 3. The molecule has 0 spiro atoms. The molecule has 5 nitrogen and oxygen atoms in total. The van der Waals surface area contributed by atoms with Gasteiger partial charge in [0.25, 0.3) is 0 Å². The zero-order chi connectivity index (χ0) is 14.3. The summed E-state index contributed by atoms with van der Waals surface area (Å²) < 4.78 is 4.58. The van der Waals surface area contributed by atoms with E-state index in [1.807, 2.05) is 24.3 Å². The molecule has 0 bridgehead atoms. The van der Waals surface area contributed by atoms with Gasteiger partial charge in [-0.05, 0) is 24.1 Å². The van der Waals surface area contributed by atoms with E-state index in [0.717, 1.165) is 17.7 Å². The van der Waals surface area contributed by atoms with Crippen LogP contribution in [0.4, 0.5) is 10.5 Å². The van der Waals surface area contributed by atoms with Gasteiger partial charge in [0.2, 0.25) is 0 Å². The van der Waals surface area contributed by atoms with Crippen LogP contribution in [0.15, 0.2) is 24.3 Å². The number of rotatable bonds is 5. The summed E-state index contributed by atoms with van der Waals surface area (Å²) in [6, 6.07) is 7.31. The van der Waals surface area contributed by atoms with Crippen LogP contribution in [0.5, 0.6) is 0 Å². The first-order valence-corrected chi connectivity index (χ1v) is 6.28. The van der Waals surface area contributed by atoms with E-state index in [9.17, 15) is 9.59 Å². The molecule has 5 heteroatoms. The summed E-state index contributed by atoms with van der Waals surface area (Å²) in [5.41, 5.74) is 1.89. The summed E-state index contributed by atoms with van der Waals surface area (Å²) in [6.45, 7) is 3.99. The van der Waals surface area contributed by atoms with Gasteiger partial charge < -0.3 is 15.4 Å². The maximum atomic E-state index is 11.7. The Hall–Kier alpha value is -2.04. The molecule has 0 aromatic heterocycles. The van der Waals surface area contributed by atoms with Gasteiger partial charge in [0, 0.05) is 12.2 Å². The van der Waals surface area contributed by atoms with E-state index in [4.69, 9.17) is 0 Å². The summed E-state index contributed by atoms with van der Waals surface area (Å²) in [5, 5.41) is 5.36. The van der Waals surface area contributed by atoms with Crippen LogP contribution in [-0.2, 0) is 16.0 Å². The van der Waals surface area contributed by atoms with Gasteiger partial charge in [-0.25, -0.2) is 4.79 Å². The molecule has 0 fully saturated rings. The van der Waals surface area contributed by atoms with E-state index in [1.54, 1.807) is 6.92 Å². The van der Waals surface area contributed by atoms with E-state index >= 15 is 0 Å². The first-order valence-electron chi connectivity index (χ1n) is 6.28. The molecule has 0 aliphatic heterocycles. The lowest BCUT2D eigenvalue weighted by atomic mass is 10.1.